The fourth-order valence-electron chi connectivity index (χ4n) is 2.81. The van der Waals surface area contributed by atoms with Crippen LogP contribution in [-0.2, 0) is 0 Å². The van der Waals surface area contributed by atoms with Gasteiger partial charge in [0, 0.05) is 37.1 Å². The molecule has 2 heterocycles. The van der Waals surface area contributed by atoms with Gasteiger partial charge in [0.2, 0.25) is 0 Å². The van der Waals surface area contributed by atoms with E-state index in [2.05, 4.69) is 39.1 Å². The fraction of sp³-hybridized carbons (Fsp3) is 0.100. The zero-order chi connectivity index (χ0) is 17.4. The largest absolute Gasteiger partial charge is 0.508 e. The first-order chi connectivity index (χ1) is 12.1. The summed E-state index contributed by atoms with van der Waals surface area (Å²) < 4.78 is 2.04. The summed E-state index contributed by atoms with van der Waals surface area (Å²) >= 11 is 0. The lowest BCUT2D eigenvalue weighted by atomic mass is 10.1. The van der Waals surface area contributed by atoms with Gasteiger partial charge >= 0.3 is 0 Å². The highest BCUT2D eigenvalue weighted by atomic mass is 16.3. The number of hydrogen-bond donors (Lipinski definition) is 1. The molecule has 0 aliphatic rings. The number of imidazole rings is 1. The van der Waals surface area contributed by atoms with Gasteiger partial charge in [0.15, 0.2) is 5.65 Å². The van der Waals surface area contributed by atoms with Crippen LogP contribution in [-0.4, -0.2) is 33.6 Å². The van der Waals surface area contributed by atoms with Gasteiger partial charge in [0.1, 0.15) is 5.75 Å². The third kappa shape index (κ3) is 2.80. The van der Waals surface area contributed by atoms with Gasteiger partial charge < -0.3 is 10.0 Å². The van der Waals surface area contributed by atoms with Crippen molar-refractivity contribution in [3.8, 4) is 28.3 Å². The minimum absolute atomic E-state index is 0.245. The van der Waals surface area contributed by atoms with Crippen LogP contribution in [0.3, 0.4) is 0 Å². The maximum atomic E-state index is 9.46. The Kier molecular flexibility index (Phi) is 3.61. The monoisotopic (exact) mass is 330 g/mol. The molecular weight excluding hydrogens is 312 g/mol. The van der Waals surface area contributed by atoms with Crippen LogP contribution < -0.4 is 4.90 Å². The summed E-state index contributed by atoms with van der Waals surface area (Å²) in [5.41, 5.74) is 5.85. The third-order valence-electron chi connectivity index (χ3n) is 4.24. The topological polar surface area (TPSA) is 53.7 Å². The molecule has 1 N–H and O–H groups in total. The number of anilines is 1. The third-order valence-corrected chi connectivity index (χ3v) is 4.24. The van der Waals surface area contributed by atoms with Gasteiger partial charge in [-0.25, -0.2) is 4.98 Å². The Morgan fingerprint density at radius 3 is 2.20 bits per heavy atom. The number of hydrogen-bond acceptors (Lipinski definition) is 4. The molecule has 0 fully saturated rings. The molecule has 5 heteroatoms. The van der Waals surface area contributed by atoms with Crippen LogP contribution in [0.2, 0.25) is 0 Å². The second-order valence-electron chi connectivity index (χ2n) is 6.13. The number of benzene rings is 2. The highest BCUT2D eigenvalue weighted by Crippen LogP contribution is 2.26. The zero-order valence-corrected chi connectivity index (χ0v) is 14.1. The number of fused-ring (bicyclic) bond motifs is 1. The summed E-state index contributed by atoms with van der Waals surface area (Å²) in [4.78, 5) is 11.0. The Morgan fingerprint density at radius 1 is 0.840 bits per heavy atom. The van der Waals surface area contributed by atoms with E-state index in [1.54, 1.807) is 18.3 Å². The summed E-state index contributed by atoms with van der Waals surface area (Å²) in [6.45, 7) is 0. The van der Waals surface area contributed by atoms with Crippen molar-refractivity contribution in [3.05, 3.63) is 67.1 Å². The van der Waals surface area contributed by atoms with E-state index in [0.29, 0.717) is 0 Å². The molecule has 0 atom stereocenters. The first kappa shape index (κ1) is 15.2. The van der Waals surface area contributed by atoms with Crippen molar-refractivity contribution in [2.45, 2.75) is 0 Å². The quantitative estimate of drug-likeness (QED) is 0.620. The van der Waals surface area contributed by atoms with Crippen LogP contribution in [0.1, 0.15) is 0 Å². The number of nitrogens with zero attached hydrogens (tertiary/aromatic N) is 4. The van der Waals surface area contributed by atoms with Crippen LogP contribution in [0.4, 0.5) is 5.69 Å². The van der Waals surface area contributed by atoms with Gasteiger partial charge in [-0.1, -0.05) is 12.1 Å². The molecule has 0 aliphatic heterocycles. The van der Waals surface area contributed by atoms with Crippen molar-refractivity contribution >= 4 is 11.3 Å². The molecule has 2 aromatic carbocycles. The first-order valence-corrected chi connectivity index (χ1v) is 8.02. The van der Waals surface area contributed by atoms with Crippen molar-refractivity contribution in [3.63, 3.8) is 0 Å². The molecule has 0 amide bonds. The summed E-state index contributed by atoms with van der Waals surface area (Å²) in [7, 11) is 4.05. The molecule has 0 aliphatic carbocycles. The van der Waals surface area contributed by atoms with E-state index in [9.17, 15) is 5.11 Å². The summed E-state index contributed by atoms with van der Waals surface area (Å²) in [5, 5.41) is 9.46. The summed E-state index contributed by atoms with van der Waals surface area (Å²) in [6.07, 6.45) is 5.60. The van der Waals surface area contributed by atoms with E-state index in [4.69, 9.17) is 0 Å². The normalized spacial score (nSPS) is 11.0. The average molecular weight is 330 g/mol. The van der Waals surface area contributed by atoms with Crippen LogP contribution in [0.5, 0.6) is 5.75 Å². The molecule has 2 aromatic heterocycles. The molecule has 5 nitrogen and oxygen atoms in total. The molecule has 0 bridgehead atoms. The SMILES string of the molecule is CN(C)c1ccc(-c2cnc3cnc(-c4ccc(O)cc4)cn23)cc1. The first-order valence-electron chi connectivity index (χ1n) is 8.02. The van der Waals surface area contributed by atoms with E-state index in [-0.39, 0.29) is 5.75 Å². The van der Waals surface area contributed by atoms with E-state index in [1.165, 1.54) is 0 Å². The molecule has 0 radical (unpaired) electrons. The lowest BCUT2D eigenvalue weighted by Gasteiger charge is -2.12. The van der Waals surface area contributed by atoms with Crippen LogP contribution in [0, 0.1) is 0 Å². The Labute approximate surface area is 145 Å². The standard InChI is InChI=1S/C20H18N4O/c1-23(2)16-7-3-15(4-8-16)19-11-22-20-12-21-18(13-24(19)20)14-5-9-17(25)10-6-14/h3-13,25H,1-2H3. The van der Waals surface area contributed by atoms with Crippen molar-refractivity contribution in [1.29, 1.82) is 0 Å². The van der Waals surface area contributed by atoms with Gasteiger partial charge in [-0.15, -0.1) is 0 Å². The van der Waals surface area contributed by atoms with Crippen molar-refractivity contribution in [2.24, 2.45) is 0 Å². The number of phenols is 1. The van der Waals surface area contributed by atoms with Gasteiger partial charge in [-0.05, 0) is 36.4 Å². The molecule has 0 saturated carbocycles. The van der Waals surface area contributed by atoms with Crippen molar-refractivity contribution in [1.82, 2.24) is 14.4 Å². The van der Waals surface area contributed by atoms with Crippen LogP contribution in [0.25, 0.3) is 28.2 Å². The maximum Gasteiger partial charge on any atom is 0.155 e. The van der Waals surface area contributed by atoms with Gasteiger partial charge in [0.25, 0.3) is 0 Å². The highest BCUT2D eigenvalue weighted by molar-refractivity contribution is 5.68. The molecule has 124 valence electrons. The van der Waals surface area contributed by atoms with Crippen LogP contribution in [0.15, 0.2) is 67.1 Å². The Hall–Kier alpha value is -3.34. The summed E-state index contributed by atoms with van der Waals surface area (Å²) in [6, 6.07) is 15.4. The highest BCUT2D eigenvalue weighted by Gasteiger charge is 2.09. The number of rotatable bonds is 3. The van der Waals surface area contributed by atoms with Gasteiger partial charge in [0.05, 0.1) is 23.8 Å². The van der Waals surface area contributed by atoms with E-state index in [0.717, 1.165) is 33.8 Å². The maximum absolute atomic E-state index is 9.46. The second-order valence-corrected chi connectivity index (χ2v) is 6.13. The van der Waals surface area contributed by atoms with E-state index in [1.807, 2.05) is 43.0 Å². The molecule has 25 heavy (non-hydrogen) atoms. The summed E-state index contributed by atoms with van der Waals surface area (Å²) in [5.74, 6) is 0.245. The zero-order valence-electron chi connectivity index (χ0n) is 14.1. The molecule has 0 saturated heterocycles. The van der Waals surface area contributed by atoms with Crippen LogP contribution >= 0.6 is 0 Å². The second kappa shape index (κ2) is 5.94. The van der Waals surface area contributed by atoms with Crippen molar-refractivity contribution in [2.75, 3.05) is 19.0 Å². The number of aromatic hydroxyl groups is 1. The fourth-order valence-corrected chi connectivity index (χ4v) is 2.81. The number of aromatic nitrogens is 3. The smallest absolute Gasteiger partial charge is 0.155 e. The predicted octanol–water partition coefficient (Wildman–Crippen LogP) is 3.83. The molecular formula is C20H18N4O. The minimum atomic E-state index is 0.245. The van der Waals surface area contributed by atoms with Crippen molar-refractivity contribution < 1.29 is 5.11 Å². The number of phenolic OH excluding ortho intramolecular Hbond substituents is 1. The molecule has 0 unspecified atom stereocenters. The lowest BCUT2D eigenvalue weighted by Crippen LogP contribution is -2.07. The average Bonchev–Trinajstić information content (AvgIpc) is 3.05. The van der Waals surface area contributed by atoms with Gasteiger partial charge in [-0.2, -0.15) is 0 Å². The minimum Gasteiger partial charge on any atom is -0.508 e. The Balaban J connectivity index is 1.79. The van der Waals surface area contributed by atoms with Gasteiger partial charge in [-0.3, -0.25) is 9.38 Å². The Morgan fingerprint density at radius 2 is 1.52 bits per heavy atom. The lowest BCUT2D eigenvalue weighted by molar-refractivity contribution is 0.475. The molecule has 0 spiro atoms. The Bertz CT molecular complexity index is 1020. The predicted molar refractivity (Wildman–Crippen MR) is 99.9 cm³/mol. The molecule has 4 rings (SSSR count). The van der Waals surface area contributed by atoms with E-state index < -0.39 is 0 Å². The van der Waals surface area contributed by atoms with E-state index >= 15 is 0 Å². The molecule has 4 aromatic rings.